The fourth-order valence-corrected chi connectivity index (χ4v) is 4.70. The van der Waals surface area contributed by atoms with E-state index in [9.17, 15) is 18.3 Å². The molecule has 28 heavy (non-hydrogen) atoms. The SMILES string of the molecule is Cn1c(=O)oc2ccc(S(=O)(=O)NC[C@](O)(c3ccsc3)c3ccco3)cc21. The fraction of sp³-hybridized carbons (Fsp3) is 0.167. The van der Waals surface area contributed by atoms with Crippen LogP contribution in [0, 0.1) is 0 Å². The minimum absolute atomic E-state index is 0.0523. The number of thiophene rings is 1. The molecule has 0 aliphatic heterocycles. The Morgan fingerprint density at radius 1 is 1.29 bits per heavy atom. The molecule has 4 aromatic rings. The molecule has 0 fully saturated rings. The fourth-order valence-electron chi connectivity index (χ4n) is 2.90. The summed E-state index contributed by atoms with van der Waals surface area (Å²) < 4.78 is 39.6. The van der Waals surface area contributed by atoms with Crippen LogP contribution in [0.1, 0.15) is 11.3 Å². The first kappa shape index (κ1) is 18.7. The number of rotatable bonds is 6. The molecule has 0 saturated heterocycles. The molecule has 3 heterocycles. The average molecular weight is 420 g/mol. The summed E-state index contributed by atoms with van der Waals surface area (Å²) in [5, 5.41) is 14.7. The van der Waals surface area contributed by atoms with Gasteiger partial charge in [0.15, 0.2) is 11.2 Å². The first-order chi connectivity index (χ1) is 13.3. The maximum atomic E-state index is 12.8. The maximum absolute atomic E-state index is 12.8. The first-order valence-corrected chi connectivity index (χ1v) is 10.6. The molecule has 1 atom stereocenters. The molecule has 10 heteroatoms. The van der Waals surface area contributed by atoms with Gasteiger partial charge in [0, 0.05) is 12.6 Å². The highest BCUT2D eigenvalue weighted by atomic mass is 32.2. The Balaban J connectivity index is 1.67. The van der Waals surface area contributed by atoms with Crippen molar-refractivity contribution < 1.29 is 22.4 Å². The van der Waals surface area contributed by atoms with Crippen molar-refractivity contribution in [3.63, 3.8) is 0 Å². The van der Waals surface area contributed by atoms with Gasteiger partial charge in [0.05, 0.1) is 23.2 Å². The number of sulfonamides is 1. The van der Waals surface area contributed by atoms with Crippen molar-refractivity contribution >= 4 is 32.5 Å². The Hall–Kier alpha value is -2.66. The molecule has 0 amide bonds. The molecule has 0 unspecified atom stereocenters. The summed E-state index contributed by atoms with van der Waals surface area (Å²) in [5.41, 5.74) is -0.505. The number of aryl methyl sites for hydroxylation is 1. The van der Waals surface area contributed by atoms with Crippen molar-refractivity contribution in [1.29, 1.82) is 0 Å². The van der Waals surface area contributed by atoms with Gasteiger partial charge < -0.3 is 13.9 Å². The van der Waals surface area contributed by atoms with Crippen LogP contribution in [0.4, 0.5) is 0 Å². The lowest BCUT2D eigenvalue weighted by atomic mass is 9.94. The van der Waals surface area contributed by atoms with Gasteiger partial charge in [-0.05, 0) is 47.2 Å². The number of oxazole rings is 1. The second kappa shape index (κ2) is 6.74. The molecule has 146 valence electrons. The molecule has 1 aromatic carbocycles. The van der Waals surface area contributed by atoms with Crippen molar-refractivity contribution in [3.05, 3.63) is 75.3 Å². The van der Waals surface area contributed by atoms with Crippen LogP contribution in [0.2, 0.25) is 0 Å². The van der Waals surface area contributed by atoms with Crippen LogP contribution < -0.4 is 10.5 Å². The minimum Gasteiger partial charge on any atom is -0.466 e. The Labute approximate surface area is 163 Å². The van der Waals surface area contributed by atoms with Crippen molar-refractivity contribution in [1.82, 2.24) is 9.29 Å². The van der Waals surface area contributed by atoms with Crippen LogP contribution in [-0.4, -0.2) is 24.6 Å². The molecule has 8 nitrogen and oxygen atoms in total. The molecule has 3 aromatic heterocycles. The van der Waals surface area contributed by atoms with E-state index in [0.717, 1.165) is 0 Å². The zero-order chi connectivity index (χ0) is 19.9. The van der Waals surface area contributed by atoms with Gasteiger partial charge in [0.1, 0.15) is 5.76 Å². The van der Waals surface area contributed by atoms with Crippen LogP contribution in [-0.2, 0) is 22.7 Å². The number of nitrogens with one attached hydrogen (secondary N) is 1. The van der Waals surface area contributed by atoms with E-state index in [1.807, 2.05) is 0 Å². The number of benzene rings is 1. The summed E-state index contributed by atoms with van der Waals surface area (Å²) in [6.45, 7) is -0.331. The molecule has 0 saturated carbocycles. The van der Waals surface area contributed by atoms with Crippen LogP contribution >= 0.6 is 11.3 Å². The number of furan rings is 1. The predicted octanol–water partition coefficient (Wildman–Crippen LogP) is 2.00. The molecule has 0 aliphatic carbocycles. The number of nitrogens with zero attached hydrogens (tertiary/aromatic N) is 1. The number of aliphatic hydroxyl groups is 1. The van der Waals surface area contributed by atoms with Crippen LogP contribution in [0.5, 0.6) is 0 Å². The molecule has 2 N–H and O–H groups in total. The highest BCUT2D eigenvalue weighted by Crippen LogP contribution is 2.31. The number of aromatic nitrogens is 1. The summed E-state index contributed by atoms with van der Waals surface area (Å²) in [7, 11) is -2.49. The molecular weight excluding hydrogens is 404 g/mol. The topological polar surface area (TPSA) is 115 Å². The lowest BCUT2D eigenvalue weighted by Crippen LogP contribution is -2.41. The van der Waals surface area contributed by atoms with E-state index in [4.69, 9.17) is 8.83 Å². The quantitative estimate of drug-likeness (QED) is 0.493. The zero-order valence-corrected chi connectivity index (χ0v) is 16.3. The molecular formula is C18H16N2O6S2. The summed E-state index contributed by atoms with van der Waals surface area (Å²) in [6, 6.07) is 9.01. The maximum Gasteiger partial charge on any atom is 0.419 e. The van der Waals surface area contributed by atoms with Gasteiger partial charge in [-0.25, -0.2) is 17.9 Å². The largest absolute Gasteiger partial charge is 0.466 e. The lowest BCUT2D eigenvalue weighted by molar-refractivity contribution is 0.0623. The summed E-state index contributed by atoms with van der Waals surface area (Å²) in [6.07, 6.45) is 1.41. The Bertz CT molecular complexity index is 1230. The normalized spacial score (nSPS) is 14.4. The van der Waals surface area contributed by atoms with Gasteiger partial charge in [-0.3, -0.25) is 4.57 Å². The van der Waals surface area contributed by atoms with Gasteiger partial charge in [-0.2, -0.15) is 11.3 Å². The summed E-state index contributed by atoms with van der Waals surface area (Å²) >= 11 is 1.38. The lowest BCUT2D eigenvalue weighted by Gasteiger charge is -2.25. The standard InChI is InChI=1S/C18H16N2O6S2/c1-20-14-9-13(4-5-15(14)26-17(20)21)28(23,24)19-11-18(22,12-6-8-27-10-12)16-3-2-7-25-16/h2-10,19,22H,11H2,1H3/t18-/m0/s1. The van der Waals surface area contributed by atoms with Crippen LogP contribution in [0.3, 0.4) is 0 Å². The van der Waals surface area contributed by atoms with Gasteiger partial charge >= 0.3 is 5.76 Å². The van der Waals surface area contributed by atoms with Crippen LogP contribution in [0.15, 0.2) is 71.9 Å². The molecule has 4 rings (SSSR count). The van der Waals surface area contributed by atoms with Gasteiger partial charge in [-0.1, -0.05) is 0 Å². The number of hydrogen-bond acceptors (Lipinski definition) is 7. The number of fused-ring (bicyclic) bond motifs is 1. The van der Waals surface area contributed by atoms with E-state index in [1.165, 1.54) is 47.4 Å². The van der Waals surface area contributed by atoms with E-state index < -0.39 is 21.4 Å². The monoisotopic (exact) mass is 420 g/mol. The Morgan fingerprint density at radius 2 is 2.11 bits per heavy atom. The summed E-state index contributed by atoms with van der Waals surface area (Å²) in [5.74, 6) is -0.358. The van der Waals surface area contributed by atoms with Crippen molar-refractivity contribution in [2.24, 2.45) is 7.05 Å². The average Bonchev–Trinajstić information content (AvgIpc) is 3.43. The van der Waals surface area contributed by atoms with E-state index >= 15 is 0 Å². The van der Waals surface area contributed by atoms with Crippen molar-refractivity contribution in [2.45, 2.75) is 10.5 Å². The third-order valence-corrected chi connectivity index (χ3v) is 6.60. The molecule has 0 radical (unpaired) electrons. The first-order valence-electron chi connectivity index (χ1n) is 8.19. The van der Waals surface area contributed by atoms with E-state index in [1.54, 1.807) is 29.0 Å². The smallest absolute Gasteiger partial charge is 0.419 e. The second-order valence-corrected chi connectivity index (χ2v) is 8.78. The third-order valence-electron chi connectivity index (χ3n) is 4.52. The number of hydrogen-bond donors (Lipinski definition) is 2. The van der Waals surface area contributed by atoms with E-state index in [-0.39, 0.29) is 22.8 Å². The van der Waals surface area contributed by atoms with E-state index in [2.05, 4.69) is 4.72 Å². The molecule has 0 aliphatic rings. The predicted molar refractivity (Wildman–Crippen MR) is 103 cm³/mol. The minimum atomic E-state index is -3.98. The Kier molecular flexibility index (Phi) is 4.50. The van der Waals surface area contributed by atoms with Gasteiger partial charge in [0.2, 0.25) is 10.0 Å². The molecule has 0 bridgehead atoms. The summed E-state index contributed by atoms with van der Waals surface area (Å²) in [4.78, 5) is 11.6. The zero-order valence-electron chi connectivity index (χ0n) is 14.7. The van der Waals surface area contributed by atoms with Gasteiger partial charge in [0.25, 0.3) is 0 Å². The second-order valence-electron chi connectivity index (χ2n) is 6.23. The molecule has 0 spiro atoms. The van der Waals surface area contributed by atoms with Gasteiger partial charge in [-0.15, -0.1) is 0 Å². The Morgan fingerprint density at radius 3 is 2.79 bits per heavy atom. The van der Waals surface area contributed by atoms with Crippen LogP contribution in [0.25, 0.3) is 11.1 Å². The van der Waals surface area contributed by atoms with Crippen molar-refractivity contribution in [3.8, 4) is 0 Å². The van der Waals surface area contributed by atoms with E-state index in [0.29, 0.717) is 11.1 Å². The highest BCUT2D eigenvalue weighted by molar-refractivity contribution is 7.89. The third kappa shape index (κ3) is 3.10. The van der Waals surface area contributed by atoms with Crippen molar-refractivity contribution in [2.75, 3.05) is 6.54 Å². The highest BCUT2D eigenvalue weighted by Gasteiger charge is 2.36.